The Morgan fingerprint density at radius 1 is 0.789 bits per heavy atom. The van der Waals surface area contributed by atoms with Crippen molar-refractivity contribution in [3.05, 3.63) is 59.7 Å². The van der Waals surface area contributed by atoms with Crippen LogP contribution in [0.5, 0.6) is 0 Å². The number of benzene rings is 2. The van der Waals surface area contributed by atoms with Gasteiger partial charge in [-0.05, 0) is 62.3 Å². The number of anilines is 2. The first-order valence-electron chi connectivity index (χ1n) is 12.1. The number of urea groups is 2. The molecule has 0 atom stereocenters. The quantitative estimate of drug-likeness (QED) is 0.364. The van der Waals surface area contributed by atoms with Crippen LogP contribution in [0.15, 0.2) is 48.5 Å². The second-order valence-electron chi connectivity index (χ2n) is 8.86. The van der Waals surface area contributed by atoms with Crippen molar-refractivity contribution in [3.63, 3.8) is 0 Å². The average Bonchev–Trinajstić information content (AvgIpc) is 2.86. The number of piperidine rings is 1. The van der Waals surface area contributed by atoms with Crippen molar-refractivity contribution >= 4 is 23.4 Å². The van der Waals surface area contributed by atoms with E-state index in [1.807, 2.05) is 0 Å². The van der Waals surface area contributed by atoms with E-state index in [0.29, 0.717) is 6.54 Å². The zero-order valence-corrected chi connectivity index (χ0v) is 20.5. The summed E-state index contributed by atoms with van der Waals surface area (Å²) >= 11 is 0. The lowest BCUT2D eigenvalue weighted by atomic mass is 10.1. The number of alkyl halides is 6. The predicted molar refractivity (Wildman–Crippen MR) is 131 cm³/mol. The molecule has 0 bridgehead atoms. The zero-order valence-electron chi connectivity index (χ0n) is 20.5. The average molecular weight is 546 g/mol. The fourth-order valence-electron chi connectivity index (χ4n) is 3.99. The molecule has 1 aliphatic heterocycles. The van der Waals surface area contributed by atoms with Crippen LogP contribution < -0.4 is 16.0 Å². The second-order valence-corrected chi connectivity index (χ2v) is 8.86. The summed E-state index contributed by atoms with van der Waals surface area (Å²) in [7, 11) is 0. The molecule has 3 N–H and O–H groups in total. The number of halogens is 6. The van der Waals surface area contributed by atoms with Crippen molar-refractivity contribution in [2.75, 3.05) is 49.9 Å². The normalized spacial score (nSPS) is 14.6. The van der Waals surface area contributed by atoms with Crippen molar-refractivity contribution in [1.29, 1.82) is 0 Å². The fraction of sp³-hybridized carbons (Fsp3) is 0.440. The van der Waals surface area contributed by atoms with Crippen molar-refractivity contribution in [3.8, 4) is 0 Å². The topological polar surface area (TPSA) is 76.7 Å². The van der Waals surface area contributed by atoms with E-state index in [1.165, 1.54) is 29.2 Å². The first kappa shape index (κ1) is 29.1. The Labute approximate surface area is 216 Å². The minimum absolute atomic E-state index is 0.0225. The molecule has 1 fully saturated rings. The molecule has 4 amide bonds. The summed E-state index contributed by atoms with van der Waals surface area (Å²) in [4.78, 5) is 28.7. The fourth-order valence-corrected chi connectivity index (χ4v) is 3.99. The molecule has 1 saturated heterocycles. The summed E-state index contributed by atoms with van der Waals surface area (Å²) in [6.07, 6.45) is -5.93. The van der Waals surface area contributed by atoms with Gasteiger partial charge in [-0.2, -0.15) is 26.3 Å². The molecular formula is C25H29F6N5O2. The van der Waals surface area contributed by atoms with Crippen LogP contribution in [0.1, 0.15) is 30.4 Å². The second kappa shape index (κ2) is 12.9. The first-order valence-corrected chi connectivity index (χ1v) is 12.1. The molecule has 0 aromatic heterocycles. The molecule has 13 heteroatoms. The van der Waals surface area contributed by atoms with Crippen molar-refractivity contribution < 1.29 is 35.9 Å². The van der Waals surface area contributed by atoms with E-state index in [1.54, 1.807) is 0 Å². The minimum Gasteiger partial charge on any atom is -0.336 e. The van der Waals surface area contributed by atoms with Gasteiger partial charge in [-0.1, -0.05) is 18.6 Å². The van der Waals surface area contributed by atoms with Gasteiger partial charge in [-0.15, -0.1) is 0 Å². The van der Waals surface area contributed by atoms with Gasteiger partial charge in [-0.25, -0.2) is 9.59 Å². The van der Waals surface area contributed by atoms with Crippen LogP contribution in [0.25, 0.3) is 0 Å². The third-order valence-electron chi connectivity index (χ3n) is 5.98. The van der Waals surface area contributed by atoms with Gasteiger partial charge in [0.25, 0.3) is 0 Å². The van der Waals surface area contributed by atoms with E-state index in [0.717, 1.165) is 56.6 Å². The molecular weight excluding hydrogens is 516 g/mol. The third-order valence-corrected chi connectivity index (χ3v) is 5.98. The number of amides is 4. The van der Waals surface area contributed by atoms with E-state index in [-0.39, 0.29) is 31.0 Å². The Morgan fingerprint density at radius 2 is 1.34 bits per heavy atom. The van der Waals surface area contributed by atoms with Gasteiger partial charge in [0.1, 0.15) is 0 Å². The largest absolute Gasteiger partial charge is 0.416 e. The van der Waals surface area contributed by atoms with Crippen LogP contribution in [0.2, 0.25) is 0 Å². The first-order chi connectivity index (χ1) is 17.9. The Hall–Kier alpha value is -3.48. The monoisotopic (exact) mass is 545 g/mol. The van der Waals surface area contributed by atoms with E-state index >= 15 is 0 Å². The molecule has 0 radical (unpaired) electrons. The molecule has 0 saturated carbocycles. The molecule has 3 rings (SSSR count). The van der Waals surface area contributed by atoms with E-state index < -0.39 is 35.5 Å². The number of nitrogens with zero attached hydrogens (tertiary/aromatic N) is 2. The number of carbonyl (C=O) groups is 2. The number of likely N-dealkylation sites (tertiary alicyclic amines) is 1. The number of rotatable bonds is 8. The van der Waals surface area contributed by atoms with Crippen LogP contribution in [0, 0.1) is 0 Å². The highest BCUT2D eigenvalue weighted by atomic mass is 19.4. The molecule has 2 aromatic rings. The lowest BCUT2D eigenvalue weighted by Gasteiger charge is -2.30. The molecule has 0 aliphatic carbocycles. The summed E-state index contributed by atoms with van der Waals surface area (Å²) in [5.74, 6) is 0. The van der Waals surface area contributed by atoms with Gasteiger partial charge in [-0.3, -0.25) is 0 Å². The summed E-state index contributed by atoms with van der Waals surface area (Å²) in [6.45, 7) is 2.55. The van der Waals surface area contributed by atoms with Crippen LogP contribution in [0.4, 0.5) is 47.3 Å². The predicted octanol–water partition coefficient (Wildman–Crippen LogP) is 5.87. The van der Waals surface area contributed by atoms with Crippen LogP contribution >= 0.6 is 0 Å². The van der Waals surface area contributed by atoms with Crippen molar-refractivity contribution in [2.45, 2.75) is 31.6 Å². The molecule has 0 unspecified atom stereocenters. The molecule has 38 heavy (non-hydrogen) atoms. The number of nitrogens with one attached hydrogen (secondary N) is 3. The summed E-state index contributed by atoms with van der Waals surface area (Å²) in [6, 6.07) is 7.02. The van der Waals surface area contributed by atoms with Crippen LogP contribution in [-0.4, -0.2) is 61.1 Å². The lowest BCUT2D eigenvalue weighted by molar-refractivity contribution is -0.138. The number of carbonyl (C=O) groups excluding carboxylic acids is 2. The molecule has 0 spiro atoms. The highest BCUT2D eigenvalue weighted by molar-refractivity contribution is 5.90. The smallest absolute Gasteiger partial charge is 0.336 e. The van der Waals surface area contributed by atoms with Crippen molar-refractivity contribution in [2.24, 2.45) is 0 Å². The maximum absolute atomic E-state index is 13.0. The number of hydrogen-bond donors (Lipinski definition) is 3. The summed E-state index contributed by atoms with van der Waals surface area (Å²) in [5.41, 5.74) is -1.89. The minimum atomic E-state index is -4.56. The molecule has 208 valence electrons. The molecule has 7 nitrogen and oxygen atoms in total. The van der Waals surface area contributed by atoms with Gasteiger partial charge in [0.2, 0.25) is 0 Å². The zero-order chi connectivity index (χ0) is 27.8. The van der Waals surface area contributed by atoms with Gasteiger partial charge < -0.3 is 25.8 Å². The highest BCUT2D eigenvalue weighted by Crippen LogP contribution is 2.31. The highest BCUT2D eigenvalue weighted by Gasteiger charge is 2.31. The van der Waals surface area contributed by atoms with E-state index in [2.05, 4.69) is 20.9 Å². The maximum Gasteiger partial charge on any atom is 0.416 e. The van der Waals surface area contributed by atoms with Crippen molar-refractivity contribution in [1.82, 2.24) is 15.1 Å². The molecule has 2 aromatic carbocycles. The lowest BCUT2D eigenvalue weighted by Crippen LogP contribution is -2.45. The molecule has 1 aliphatic rings. The van der Waals surface area contributed by atoms with Crippen LogP contribution in [-0.2, 0) is 12.4 Å². The standard InChI is InChI=1S/C25H29F6N5O2/c26-24(27,28)18-6-4-8-20(16-18)33-22(37)32-10-13-36(15-14-35-11-2-1-3-12-35)23(38)34-21-9-5-7-19(17-21)25(29,30)31/h4-9,16-17H,1-3,10-15H2,(H,34,38)(H2,32,33,37). The Bertz CT molecular complexity index is 1090. The van der Waals surface area contributed by atoms with Crippen LogP contribution in [0.3, 0.4) is 0 Å². The Kier molecular flexibility index (Phi) is 9.84. The van der Waals surface area contributed by atoms with Gasteiger partial charge in [0, 0.05) is 37.6 Å². The SMILES string of the molecule is O=C(NCCN(CCN1CCCCC1)C(=O)Nc1cccc(C(F)(F)F)c1)Nc1cccc(C(F)(F)F)c1. The van der Waals surface area contributed by atoms with Gasteiger partial charge in [0.15, 0.2) is 0 Å². The third kappa shape index (κ3) is 9.12. The van der Waals surface area contributed by atoms with E-state index in [4.69, 9.17) is 0 Å². The Morgan fingerprint density at radius 3 is 1.89 bits per heavy atom. The summed E-state index contributed by atoms with van der Waals surface area (Å²) < 4.78 is 77.8. The molecule has 1 heterocycles. The van der Waals surface area contributed by atoms with E-state index in [9.17, 15) is 35.9 Å². The maximum atomic E-state index is 13.0. The number of hydrogen-bond acceptors (Lipinski definition) is 3. The summed E-state index contributed by atoms with van der Waals surface area (Å²) in [5, 5.41) is 7.28. The van der Waals surface area contributed by atoms with Gasteiger partial charge in [0.05, 0.1) is 11.1 Å². The Balaban J connectivity index is 1.59. The van der Waals surface area contributed by atoms with Gasteiger partial charge >= 0.3 is 24.4 Å².